The summed E-state index contributed by atoms with van der Waals surface area (Å²) in [5.41, 5.74) is 2.22. The van der Waals surface area contributed by atoms with Crippen molar-refractivity contribution in [2.45, 2.75) is 32.2 Å². The molecule has 0 atom stereocenters. The van der Waals surface area contributed by atoms with Crippen LogP contribution in [-0.2, 0) is 17.6 Å². The number of anilines is 1. The number of carbonyl (C=O) groups excluding carboxylic acids is 2. The molecule has 2 aliphatic rings. The molecule has 12 heteroatoms. The fourth-order valence-electron chi connectivity index (χ4n) is 4.92. The third-order valence-electron chi connectivity index (χ3n) is 7.37. The highest BCUT2D eigenvalue weighted by atomic mass is 79.9. The Morgan fingerprint density at radius 1 is 1.15 bits per heavy atom. The van der Waals surface area contributed by atoms with Gasteiger partial charge in [0.15, 0.2) is 0 Å². The van der Waals surface area contributed by atoms with Gasteiger partial charge in [-0.2, -0.15) is 0 Å². The average Bonchev–Trinajstić information content (AvgIpc) is 3.42. The number of hydrogen-bond donors (Lipinski definition) is 3. The lowest BCUT2D eigenvalue weighted by Crippen LogP contribution is -2.46. The molecule has 3 aromatic rings. The summed E-state index contributed by atoms with van der Waals surface area (Å²) in [6.07, 6.45) is 3.37. The Balaban J connectivity index is 1.33. The van der Waals surface area contributed by atoms with Crippen LogP contribution >= 0.6 is 27.3 Å². The fraction of sp³-hybridized carbons (Fsp3) is 0.429. The van der Waals surface area contributed by atoms with Gasteiger partial charge in [-0.25, -0.2) is 19.2 Å². The standard InChI is InChI=1S/C28H33BrFN7O2S/c1-28(2)25(38)35-27(39)37(28)14-10-32-26-33-17-21(29)24(34-26)23-16-19(7-11-36-12-8-31-9-13-36)22(40-23)15-18-3-5-20(30)6-4-18/h3-6,16-17,31H,7-15H2,1-2H3,(H,32,33,34)(H,35,38,39). The molecular weight excluding hydrogens is 597 g/mol. The van der Waals surface area contributed by atoms with E-state index in [-0.39, 0.29) is 11.7 Å². The van der Waals surface area contributed by atoms with Gasteiger partial charge in [0.1, 0.15) is 11.4 Å². The zero-order valence-corrected chi connectivity index (χ0v) is 25.0. The number of aromatic nitrogens is 2. The van der Waals surface area contributed by atoms with E-state index in [1.54, 1.807) is 31.4 Å². The van der Waals surface area contributed by atoms with Gasteiger partial charge >= 0.3 is 6.03 Å². The number of hydrogen-bond acceptors (Lipinski definition) is 8. The van der Waals surface area contributed by atoms with Crippen molar-refractivity contribution < 1.29 is 14.0 Å². The predicted octanol–water partition coefficient (Wildman–Crippen LogP) is 3.89. The number of thiophene rings is 1. The maximum absolute atomic E-state index is 13.5. The summed E-state index contributed by atoms with van der Waals surface area (Å²) in [7, 11) is 0. The predicted molar refractivity (Wildman–Crippen MR) is 158 cm³/mol. The molecule has 3 N–H and O–H groups in total. The fourth-order valence-corrected chi connectivity index (χ4v) is 6.71. The van der Waals surface area contributed by atoms with Crippen LogP contribution in [0.3, 0.4) is 0 Å². The molecule has 40 heavy (non-hydrogen) atoms. The van der Waals surface area contributed by atoms with E-state index < -0.39 is 11.6 Å². The number of nitrogens with zero attached hydrogens (tertiary/aromatic N) is 4. The van der Waals surface area contributed by atoms with Gasteiger partial charge in [-0.05, 0) is 65.5 Å². The molecule has 0 bridgehead atoms. The highest BCUT2D eigenvalue weighted by molar-refractivity contribution is 9.10. The summed E-state index contributed by atoms with van der Waals surface area (Å²) in [6.45, 7) is 9.26. The van der Waals surface area contributed by atoms with Crippen LogP contribution in [0.15, 0.2) is 41.0 Å². The van der Waals surface area contributed by atoms with Crippen LogP contribution < -0.4 is 16.0 Å². The highest BCUT2D eigenvalue weighted by Crippen LogP contribution is 2.36. The van der Waals surface area contributed by atoms with Crippen LogP contribution in [0.1, 0.15) is 29.9 Å². The summed E-state index contributed by atoms with van der Waals surface area (Å²) in [4.78, 5) is 39.6. The second-order valence-electron chi connectivity index (χ2n) is 10.5. The van der Waals surface area contributed by atoms with Crippen molar-refractivity contribution in [2.75, 3.05) is 51.1 Å². The molecule has 5 rings (SSSR count). The van der Waals surface area contributed by atoms with Crippen LogP contribution in [-0.4, -0.2) is 83.1 Å². The third-order valence-corrected chi connectivity index (χ3v) is 9.14. The minimum Gasteiger partial charge on any atom is -0.352 e. The first-order valence-corrected chi connectivity index (χ1v) is 15.0. The Bertz CT molecular complexity index is 1380. The molecule has 9 nitrogen and oxygen atoms in total. The average molecular weight is 631 g/mol. The lowest BCUT2D eigenvalue weighted by molar-refractivity contribution is -0.125. The lowest BCUT2D eigenvalue weighted by Gasteiger charge is -2.27. The van der Waals surface area contributed by atoms with E-state index in [0.717, 1.165) is 66.2 Å². The smallest absolute Gasteiger partial charge is 0.325 e. The van der Waals surface area contributed by atoms with E-state index in [1.807, 2.05) is 12.1 Å². The zero-order valence-electron chi connectivity index (χ0n) is 22.6. The first kappa shape index (κ1) is 28.6. The molecule has 0 aliphatic carbocycles. The topological polar surface area (TPSA) is 102 Å². The van der Waals surface area contributed by atoms with Gasteiger partial charge in [0.05, 0.1) is 15.0 Å². The summed E-state index contributed by atoms with van der Waals surface area (Å²) in [5, 5.41) is 8.96. The van der Waals surface area contributed by atoms with E-state index in [9.17, 15) is 14.0 Å². The van der Waals surface area contributed by atoms with Gasteiger partial charge in [-0.1, -0.05) is 12.1 Å². The van der Waals surface area contributed by atoms with Gasteiger partial charge < -0.3 is 20.4 Å². The van der Waals surface area contributed by atoms with Crippen LogP contribution in [0.4, 0.5) is 15.1 Å². The molecule has 0 radical (unpaired) electrons. The van der Waals surface area contributed by atoms with E-state index in [0.29, 0.717) is 19.0 Å². The third kappa shape index (κ3) is 6.51. The number of halogens is 2. The SMILES string of the molecule is CC1(C)C(=O)NC(=O)N1CCNc1ncc(Br)c(-c2cc(CCN3CCNCC3)c(Cc3ccc(F)cc3)s2)n1. The summed E-state index contributed by atoms with van der Waals surface area (Å²) in [5.74, 6) is -0.0978. The summed E-state index contributed by atoms with van der Waals surface area (Å²) >= 11 is 5.32. The van der Waals surface area contributed by atoms with Crippen molar-refractivity contribution >= 4 is 45.2 Å². The van der Waals surface area contributed by atoms with Gasteiger partial charge in [0, 0.05) is 63.3 Å². The van der Waals surface area contributed by atoms with Gasteiger partial charge in [0.25, 0.3) is 5.91 Å². The molecule has 4 heterocycles. The Labute approximate surface area is 245 Å². The van der Waals surface area contributed by atoms with Crippen molar-refractivity contribution in [3.05, 3.63) is 62.8 Å². The number of imide groups is 1. The number of rotatable bonds is 10. The van der Waals surface area contributed by atoms with Gasteiger partial charge in [0.2, 0.25) is 5.95 Å². The lowest BCUT2D eigenvalue weighted by atomic mass is 10.0. The second-order valence-corrected chi connectivity index (χ2v) is 12.5. The maximum atomic E-state index is 13.5. The normalized spacial score (nSPS) is 17.4. The zero-order chi connectivity index (χ0) is 28.3. The van der Waals surface area contributed by atoms with E-state index >= 15 is 0 Å². The summed E-state index contributed by atoms with van der Waals surface area (Å²) < 4.78 is 14.3. The largest absolute Gasteiger partial charge is 0.352 e. The maximum Gasteiger partial charge on any atom is 0.325 e. The molecule has 0 spiro atoms. The number of piperazine rings is 1. The quantitative estimate of drug-likeness (QED) is 0.293. The number of amides is 3. The number of carbonyl (C=O) groups is 2. The number of nitrogens with one attached hydrogen (secondary N) is 3. The Morgan fingerprint density at radius 3 is 2.60 bits per heavy atom. The summed E-state index contributed by atoms with van der Waals surface area (Å²) in [6, 6.07) is 8.51. The van der Waals surface area contributed by atoms with Crippen molar-refractivity contribution in [1.29, 1.82) is 0 Å². The molecule has 3 amide bonds. The van der Waals surface area contributed by atoms with E-state index in [1.165, 1.54) is 27.5 Å². The van der Waals surface area contributed by atoms with Gasteiger partial charge in [-0.15, -0.1) is 11.3 Å². The minimum atomic E-state index is -0.899. The Kier molecular flexibility index (Phi) is 8.79. The van der Waals surface area contributed by atoms with Crippen molar-refractivity contribution in [3.8, 4) is 10.6 Å². The Hall–Kier alpha value is -2.93. The van der Waals surface area contributed by atoms with Crippen LogP contribution in [0, 0.1) is 5.82 Å². The number of benzene rings is 1. The first-order valence-electron chi connectivity index (χ1n) is 13.4. The molecule has 2 fully saturated rings. The number of urea groups is 1. The minimum absolute atomic E-state index is 0.236. The molecule has 1 aromatic carbocycles. The van der Waals surface area contributed by atoms with Crippen molar-refractivity contribution in [2.24, 2.45) is 0 Å². The van der Waals surface area contributed by atoms with Crippen molar-refractivity contribution in [1.82, 2.24) is 30.4 Å². The molecule has 212 valence electrons. The molecule has 0 saturated carbocycles. The molecule has 2 aliphatic heterocycles. The first-order chi connectivity index (χ1) is 19.2. The molecule has 0 unspecified atom stereocenters. The Morgan fingerprint density at radius 2 is 1.90 bits per heavy atom. The van der Waals surface area contributed by atoms with Crippen molar-refractivity contribution in [3.63, 3.8) is 0 Å². The second kappa shape index (κ2) is 12.3. The van der Waals surface area contributed by atoms with Crippen LogP contribution in [0.5, 0.6) is 0 Å². The van der Waals surface area contributed by atoms with Crippen LogP contribution in [0.2, 0.25) is 0 Å². The van der Waals surface area contributed by atoms with Crippen LogP contribution in [0.25, 0.3) is 10.6 Å². The van der Waals surface area contributed by atoms with E-state index in [2.05, 4.69) is 47.8 Å². The molecular formula is C28H33BrFN7O2S. The molecule has 2 aromatic heterocycles. The monoisotopic (exact) mass is 629 g/mol. The highest BCUT2D eigenvalue weighted by Gasteiger charge is 2.45. The van der Waals surface area contributed by atoms with E-state index in [4.69, 9.17) is 4.98 Å². The van der Waals surface area contributed by atoms with Gasteiger partial charge in [-0.3, -0.25) is 10.1 Å². The molecule has 2 saturated heterocycles.